The Hall–Kier alpha value is -2.92. The van der Waals surface area contributed by atoms with Gasteiger partial charge in [-0.3, -0.25) is 9.59 Å². The maximum absolute atomic E-state index is 13.0. The van der Waals surface area contributed by atoms with Gasteiger partial charge in [0, 0.05) is 17.7 Å². The number of para-hydroxylation sites is 1. The van der Waals surface area contributed by atoms with Gasteiger partial charge in [-0.1, -0.05) is 30.4 Å². The van der Waals surface area contributed by atoms with Crippen molar-refractivity contribution in [3.8, 4) is 5.75 Å². The molecule has 0 radical (unpaired) electrons. The standard InChI is InChI=1S/C22H23NO4/c1-4-27-17-11-9-16(10-12-17)20(24)13-22(26)18-7-5-6-8-19(18)23(21(22)25)14-15(2)3/h5-12,26H,2,4,13-14H2,1,3H3/t22-/m0/s1. The SMILES string of the molecule is C=C(C)CN1C(=O)[C@](O)(CC(=O)c2ccc(OCC)cc2)c2ccccc21. The van der Waals surface area contributed by atoms with Crippen LogP contribution in [0.2, 0.25) is 0 Å². The number of nitrogens with zero attached hydrogens (tertiary/aromatic N) is 1. The van der Waals surface area contributed by atoms with E-state index in [4.69, 9.17) is 4.74 Å². The first kappa shape index (κ1) is 18.9. The summed E-state index contributed by atoms with van der Waals surface area (Å²) in [6, 6.07) is 13.7. The Balaban J connectivity index is 1.89. The molecule has 3 rings (SSSR count). The largest absolute Gasteiger partial charge is 0.494 e. The van der Waals surface area contributed by atoms with Crippen LogP contribution in [0.1, 0.15) is 36.2 Å². The fourth-order valence-corrected chi connectivity index (χ4v) is 3.34. The molecule has 0 aromatic heterocycles. The maximum Gasteiger partial charge on any atom is 0.264 e. The monoisotopic (exact) mass is 365 g/mol. The van der Waals surface area contributed by atoms with Gasteiger partial charge in [-0.25, -0.2) is 0 Å². The van der Waals surface area contributed by atoms with Crippen molar-refractivity contribution in [1.29, 1.82) is 0 Å². The normalized spacial score (nSPS) is 18.3. The molecule has 0 saturated carbocycles. The minimum absolute atomic E-state index is 0.301. The second kappa shape index (κ2) is 7.37. The van der Waals surface area contributed by atoms with E-state index >= 15 is 0 Å². The van der Waals surface area contributed by atoms with Crippen molar-refractivity contribution in [1.82, 2.24) is 0 Å². The van der Waals surface area contributed by atoms with Crippen LogP contribution in [-0.2, 0) is 10.4 Å². The number of ketones is 1. The number of fused-ring (bicyclic) bond motifs is 1. The van der Waals surface area contributed by atoms with Gasteiger partial charge in [0.25, 0.3) is 5.91 Å². The third-order valence-corrected chi connectivity index (χ3v) is 4.57. The van der Waals surface area contributed by atoms with Crippen molar-refractivity contribution in [2.24, 2.45) is 0 Å². The van der Waals surface area contributed by atoms with Gasteiger partial charge in [0.1, 0.15) is 5.75 Å². The lowest BCUT2D eigenvalue weighted by Crippen LogP contribution is -2.42. The summed E-state index contributed by atoms with van der Waals surface area (Å²) in [6.45, 7) is 8.39. The van der Waals surface area contributed by atoms with Crippen molar-refractivity contribution in [3.05, 3.63) is 71.8 Å². The highest BCUT2D eigenvalue weighted by atomic mass is 16.5. The van der Waals surface area contributed by atoms with Crippen molar-refractivity contribution >= 4 is 17.4 Å². The van der Waals surface area contributed by atoms with Crippen LogP contribution in [0.15, 0.2) is 60.7 Å². The van der Waals surface area contributed by atoms with Gasteiger partial charge in [0.15, 0.2) is 11.4 Å². The van der Waals surface area contributed by atoms with E-state index < -0.39 is 11.5 Å². The number of ether oxygens (including phenoxy) is 1. The topological polar surface area (TPSA) is 66.8 Å². The van der Waals surface area contributed by atoms with E-state index in [0.717, 1.165) is 5.57 Å². The van der Waals surface area contributed by atoms with Crippen molar-refractivity contribution < 1.29 is 19.4 Å². The molecule has 0 unspecified atom stereocenters. The molecule has 0 fully saturated rings. The number of Topliss-reactive ketones (excluding diaryl/α,β-unsaturated/α-hetero) is 1. The average molecular weight is 365 g/mol. The fraction of sp³-hybridized carbons (Fsp3) is 0.273. The number of amides is 1. The van der Waals surface area contributed by atoms with Crippen LogP contribution < -0.4 is 9.64 Å². The predicted octanol–water partition coefficient (Wildman–Crippen LogP) is 3.47. The first-order valence-electron chi connectivity index (χ1n) is 8.91. The number of anilines is 1. The second-order valence-corrected chi connectivity index (χ2v) is 6.78. The Morgan fingerprint density at radius 1 is 1.19 bits per heavy atom. The number of aliphatic hydroxyl groups is 1. The second-order valence-electron chi connectivity index (χ2n) is 6.78. The molecule has 0 aliphatic carbocycles. The lowest BCUT2D eigenvalue weighted by molar-refractivity contribution is -0.135. The van der Waals surface area contributed by atoms with E-state index in [0.29, 0.717) is 35.7 Å². The molecule has 2 aromatic rings. The summed E-state index contributed by atoms with van der Waals surface area (Å²) in [5.41, 5.74) is 0.417. The molecule has 27 heavy (non-hydrogen) atoms. The molecule has 1 aliphatic rings. The van der Waals surface area contributed by atoms with Crippen LogP contribution >= 0.6 is 0 Å². The summed E-state index contributed by atoms with van der Waals surface area (Å²) < 4.78 is 5.38. The molecule has 0 bridgehead atoms. The quantitative estimate of drug-likeness (QED) is 0.603. The third-order valence-electron chi connectivity index (χ3n) is 4.57. The molecule has 0 spiro atoms. The van der Waals surface area contributed by atoms with Crippen LogP contribution in [0.5, 0.6) is 5.75 Å². The minimum atomic E-state index is -1.87. The van der Waals surface area contributed by atoms with Crippen LogP contribution in [0.4, 0.5) is 5.69 Å². The molecule has 5 nitrogen and oxygen atoms in total. The molecular formula is C22H23NO4. The molecule has 0 saturated heterocycles. The summed E-state index contributed by atoms with van der Waals surface area (Å²) in [7, 11) is 0. The van der Waals surface area contributed by atoms with Gasteiger partial charge in [0.05, 0.1) is 18.7 Å². The zero-order valence-electron chi connectivity index (χ0n) is 15.6. The van der Waals surface area contributed by atoms with E-state index in [-0.39, 0.29) is 12.2 Å². The number of carbonyl (C=O) groups is 2. The lowest BCUT2D eigenvalue weighted by Gasteiger charge is -2.23. The van der Waals surface area contributed by atoms with Gasteiger partial charge in [-0.05, 0) is 44.2 Å². The summed E-state index contributed by atoms with van der Waals surface area (Å²) >= 11 is 0. The lowest BCUT2D eigenvalue weighted by atomic mass is 9.88. The van der Waals surface area contributed by atoms with Crippen molar-refractivity contribution in [2.75, 3.05) is 18.1 Å². The zero-order chi connectivity index (χ0) is 19.6. The molecule has 5 heteroatoms. The number of carbonyl (C=O) groups excluding carboxylic acids is 2. The molecule has 1 amide bonds. The Morgan fingerprint density at radius 2 is 1.85 bits per heavy atom. The van der Waals surface area contributed by atoms with E-state index in [9.17, 15) is 14.7 Å². The smallest absolute Gasteiger partial charge is 0.264 e. The van der Waals surface area contributed by atoms with E-state index in [1.54, 1.807) is 48.5 Å². The molecular weight excluding hydrogens is 342 g/mol. The maximum atomic E-state index is 13.0. The summed E-state index contributed by atoms with van der Waals surface area (Å²) in [5, 5.41) is 11.2. The molecule has 1 N–H and O–H groups in total. The van der Waals surface area contributed by atoms with Crippen LogP contribution in [0, 0.1) is 0 Å². The van der Waals surface area contributed by atoms with Crippen molar-refractivity contribution in [3.63, 3.8) is 0 Å². The average Bonchev–Trinajstić information content (AvgIpc) is 2.84. The Labute approximate surface area is 158 Å². The van der Waals surface area contributed by atoms with E-state index in [1.807, 2.05) is 13.8 Å². The highest BCUT2D eigenvalue weighted by Gasteiger charge is 2.50. The van der Waals surface area contributed by atoms with Gasteiger partial charge in [-0.15, -0.1) is 0 Å². The Kier molecular flexibility index (Phi) is 5.15. The highest BCUT2D eigenvalue weighted by Crippen LogP contribution is 2.43. The number of rotatable bonds is 7. The van der Waals surface area contributed by atoms with Crippen LogP contribution in [0.25, 0.3) is 0 Å². The van der Waals surface area contributed by atoms with Gasteiger partial charge >= 0.3 is 0 Å². The van der Waals surface area contributed by atoms with Crippen LogP contribution in [0.3, 0.4) is 0 Å². The number of benzene rings is 2. The Bertz CT molecular complexity index is 887. The highest BCUT2D eigenvalue weighted by molar-refractivity contribution is 6.11. The minimum Gasteiger partial charge on any atom is -0.494 e. The Morgan fingerprint density at radius 3 is 2.48 bits per heavy atom. The fourth-order valence-electron chi connectivity index (χ4n) is 3.34. The molecule has 1 aliphatic heterocycles. The number of hydrogen-bond donors (Lipinski definition) is 1. The van der Waals surface area contributed by atoms with Crippen molar-refractivity contribution in [2.45, 2.75) is 25.9 Å². The molecule has 1 atom stereocenters. The van der Waals surface area contributed by atoms with Gasteiger partial charge < -0.3 is 14.7 Å². The van der Waals surface area contributed by atoms with Gasteiger partial charge in [-0.2, -0.15) is 0 Å². The summed E-state index contributed by atoms with van der Waals surface area (Å²) in [5.74, 6) is -0.130. The summed E-state index contributed by atoms with van der Waals surface area (Å²) in [6.07, 6.45) is -0.316. The zero-order valence-corrected chi connectivity index (χ0v) is 15.6. The third kappa shape index (κ3) is 3.51. The molecule has 1 heterocycles. The molecule has 2 aromatic carbocycles. The first-order valence-corrected chi connectivity index (χ1v) is 8.91. The summed E-state index contributed by atoms with van der Waals surface area (Å²) in [4.78, 5) is 27.2. The molecule has 140 valence electrons. The number of hydrogen-bond acceptors (Lipinski definition) is 4. The van der Waals surface area contributed by atoms with E-state index in [1.165, 1.54) is 4.90 Å². The predicted molar refractivity (Wildman–Crippen MR) is 104 cm³/mol. The van der Waals surface area contributed by atoms with Crippen LogP contribution in [-0.4, -0.2) is 29.9 Å². The van der Waals surface area contributed by atoms with Gasteiger partial charge in [0.2, 0.25) is 0 Å². The first-order chi connectivity index (χ1) is 12.9. The van der Waals surface area contributed by atoms with E-state index in [2.05, 4.69) is 6.58 Å².